The number of esters is 1. The van der Waals surface area contributed by atoms with Crippen molar-refractivity contribution in [2.24, 2.45) is 5.10 Å². The van der Waals surface area contributed by atoms with Crippen LogP contribution in [0.25, 0.3) is 6.08 Å². The van der Waals surface area contributed by atoms with Gasteiger partial charge in [-0.25, -0.2) is 10.2 Å². The molecule has 0 aliphatic carbocycles. The number of thiophene rings is 1. The molecule has 0 spiro atoms. The molecule has 11 heteroatoms. The van der Waals surface area contributed by atoms with Gasteiger partial charge in [-0.3, -0.25) is 19.7 Å². The number of rotatable bonds is 9. The van der Waals surface area contributed by atoms with E-state index in [2.05, 4.69) is 15.8 Å². The molecule has 0 atom stereocenters. The van der Waals surface area contributed by atoms with Crippen LogP contribution < -0.4 is 15.5 Å². The Labute approximate surface area is 226 Å². The quantitative estimate of drug-likeness (QED) is 0.0781. The molecule has 2 amide bonds. The molecule has 0 aliphatic rings. The average molecular weight is 541 g/mol. The molecule has 39 heavy (non-hydrogen) atoms. The highest BCUT2D eigenvalue weighted by atomic mass is 32.1. The largest absolute Gasteiger partial charge is 0.423 e. The molecule has 1 heterocycles. The zero-order valence-electron chi connectivity index (χ0n) is 20.1. The third-order valence-electron chi connectivity index (χ3n) is 5.12. The summed E-state index contributed by atoms with van der Waals surface area (Å²) in [5.74, 6) is -1.56. The van der Waals surface area contributed by atoms with E-state index in [0.717, 1.165) is 4.88 Å². The fourth-order valence-electron chi connectivity index (χ4n) is 3.23. The Morgan fingerprint density at radius 2 is 1.67 bits per heavy atom. The molecule has 194 valence electrons. The Morgan fingerprint density at radius 1 is 0.897 bits per heavy atom. The summed E-state index contributed by atoms with van der Waals surface area (Å²) in [7, 11) is 0. The molecule has 4 rings (SSSR count). The maximum Gasteiger partial charge on any atom is 0.343 e. The third-order valence-corrected chi connectivity index (χ3v) is 5.94. The SMILES string of the molecule is O=C(N/N=C/c1cccc(OC(=O)c2ccc([N+](=O)[O-])cc2)c1)/C(=C\c1cccs1)NC(=O)c1ccccc1. The van der Waals surface area contributed by atoms with E-state index in [-0.39, 0.29) is 22.7 Å². The van der Waals surface area contributed by atoms with Crippen molar-refractivity contribution in [3.63, 3.8) is 0 Å². The Kier molecular flexibility index (Phi) is 8.67. The van der Waals surface area contributed by atoms with Gasteiger partial charge in [-0.1, -0.05) is 36.4 Å². The fourth-order valence-corrected chi connectivity index (χ4v) is 3.88. The summed E-state index contributed by atoms with van der Waals surface area (Å²) in [6.45, 7) is 0. The number of nitrogens with zero attached hydrogens (tertiary/aromatic N) is 2. The zero-order chi connectivity index (χ0) is 27.6. The van der Waals surface area contributed by atoms with E-state index in [4.69, 9.17) is 4.74 Å². The molecular formula is C28H20N4O6S. The summed E-state index contributed by atoms with van der Waals surface area (Å²) in [5, 5.41) is 19.2. The van der Waals surface area contributed by atoms with Gasteiger partial charge in [0.15, 0.2) is 0 Å². The zero-order valence-corrected chi connectivity index (χ0v) is 21.0. The van der Waals surface area contributed by atoms with E-state index < -0.39 is 22.7 Å². The number of benzene rings is 3. The Morgan fingerprint density at radius 3 is 2.36 bits per heavy atom. The smallest absolute Gasteiger partial charge is 0.343 e. The molecular weight excluding hydrogens is 520 g/mol. The van der Waals surface area contributed by atoms with Crippen LogP contribution in [0.15, 0.2) is 107 Å². The molecule has 0 radical (unpaired) electrons. The average Bonchev–Trinajstić information content (AvgIpc) is 3.46. The number of hydrazone groups is 1. The highest BCUT2D eigenvalue weighted by Crippen LogP contribution is 2.17. The van der Waals surface area contributed by atoms with Gasteiger partial charge in [-0.2, -0.15) is 5.10 Å². The summed E-state index contributed by atoms with van der Waals surface area (Å²) in [6, 6.07) is 23.6. The summed E-state index contributed by atoms with van der Waals surface area (Å²) in [4.78, 5) is 48.8. The Balaban J connectivity index is 1.41. The lowest BCUT2D eigenvalue weighted by Crippen LogP contribution is -2.32. The molecule has 0 saturated carbocycles. The van der Waals surface area contributed by atoms with Gasteiger partial charge in [0.1, 0.15) is 11.4 Å². The highest BCUT2D eigenvalue weighted by Gasteiger charge is 2.15. The van der Waals surface area contributed by atoms with Crippen LogP contribution in [-0.4, -0.2) is 28.9 Å². The van der Waals surface area contributed by atoms with Crippen molar-refractivity contribution in [1.82, 2.24) is 10.7 Å². The highest BCUT2D eigenvalue weighted by molar-refractivity contribution is 7.10. The monoisotopic (exact) mass is 540 g/mol. The third kappa shape index (κ3) is 7.54. The number of carbonyl (C=O) groups is 3. The van der Waals surface area contributed by atoms with Crippen molar-refractivity contribution >= 4 is 47.1 Å². The molecule has 0 fully saturated rings. The Hall–Kier alpha value is -5.42. The van der Waals surface area contributed by atoms with E-state index in [0.29, 0.717) is 11.1 Å². The first-order chi connectivity index (χ1) is 18.9. The van der Waals surface area contributed by atoms with Crippen LogP contribution in [0.4, 0.5) is 5.69 Å². The van der Waals surface area contributed by atoms with Crippen molar-refractivity contribution in [2.45, 2.75) is 0 Å². The second-order valence-electron chi connectivity index (χ2n) is 7.86. The second kappa shape index (κ2) is 12.7. The number of hydrogen-bond acceptors (Lipinski definition) is 8. The lowest BCUT2D eigenvalue weighted by Gasteiger charge is -2.09. The van der Waals surface area contributed by atoms with Crippen LogP contribution in [0.2, 0.25) is 0 Å². The van der Waals surface area contributed by atoms with Crippen molar-refractivity contribution in [3.8, 4) is 5.75 Å². The lowest BCUT2D eigenvalue weighted by atomic mass is 10.2. The molecule has 0 aliphatic heterocycles. The standard InChI is InChI=1S/C28H20N4O6S/c33-26(20-7-2-1-3-8-20)30-25(17-24-10-5-15-39-24)27(34)31-29-18-19-6-4-9-23(16-19)38-28(35)21-11-13-22(14-12-21)32(36)37/h1-18H,(H,30,33)(H,31,34)/b25-17+,29-18+. The number of carbonyl (C=O) groups excluding carboxylic acids is 3. The van der Waals surface area contributed by atoms with E-state index in [1.54, 1.807) is 60.7 Å². The number of nitro groups is 1. The molecule has 0 bridgehead atoms. The van der Waals surface area contributed by atoms with Crippen molar-refractivity contribution in [3.05, 3.63) is 134 Å². The number of hydrogen-bond donors (Lipinski definition) is 2. The summed E-state index contributed by atoms with van der Waals surface area (Å²) in [6.07, 6.45) is 2.90. The van der Waals surface area contributed by atoms with Crippen LogP contribution in [0.1, 0.15) is 31.2 Å². The van der Waals surface area contributed by atoms with Gasteiger partial charge < -0.3 is 10.1 Å². The van der Waals surface area contributed by atoms with Crippen molar-refractivity contribution in [1.29, 1.82) is 0 Å². The van der Waals surface area contributed by atoms with Crippen molar-refractivity contribution < 1.29 is 24.0 Å². The van der Waals surface area contributed by atoms with Crippen LogP contribution >= 0.6 is 11.3 Å². The number of non-ortho nitro benzene ring substituents is 1. The van der Waals surface area contributed by atoms with Gasteiger partial charge in [0.25, 0.3) is 17.5 Å². The van der Waals surface area contributed by atoms with E-state index in [1.807, 2.05) is 11.4 Å². The Bertz CT molecular complexity index is 1550. The molecule has 2 N–H and O–H groups in total. The minimum absolute atomic E-state index is 0.00855. The molecule has 10 nitrogen and oxygen atoms in total. The predicted molar refractivity (Wildman–Crippen MR) is 146 cm³/mol. The molecule has 3 aromatic carbocycles. The fraction of sp³-hybridized carbons (Fsp3) is 0. The maximum absolute atomic E-state index is 12.8. The topological polar surface area (TPSA) is 140 Å². The molecule has 1 aromatic heterocycles. The number of nitrogens with one attached hydrogen (secondary N) is 2. The lowest BCUT2D eigenvalue weighted by molar-refractivity contribution is -0.384. The van der Waals surface area contributed by atoms with Crippen LogP contribution in [0.3, 0.4) is 0 Å². The van der Waals surface area contributed by atoms with Gasteiger partial charge in [0, 0.05) is 22.6 Å². The van der Waals surface area contributed by atoms with E-state index in [1.165, 1.54) is 47.9 Å². The normalized spacial score (nSPS) is 11.1. The number of nitro benzene ring substituents is 1. The van der Waals surface area contributed by atoms with Crippen LogP contribution in [0.5, 0.6) is 5.75 Å². The van der Waals surface area contributed by atoms with Gasteiger partial charge in [-0.15, -0.1) is 11.3 Å². The number of ether oxygens (including phenoxy) is 1. The van der Waals surface area contributed by atoms with Gasteiger partial charge in [0.05, 0.1) is 16.7 Å². The van der Waals surface area contributed by atoms with Gasteiger partial charge in [0.2, 0.25) is 0 Å². The van der Waals surface area contributed by atoms with Gasteiger partial charge in [-0.05, 0) is 59.5 Å². The minimum atomic E-state index is -0.690. The maximum atomic E-state index is 12.8. The predicted octanol–water partition coefficient (Wildman–Crippen LogP) is 4.80. The summed E-state index contributed by atoms with van der Waals surface area (Å²) < 4.78 is 5.34. The first-order valence-electron chi connectivity index (χ1n) is 11.4. The van der Waals surface area contributed by atoms with E-state index >= 15 is 0 Å². The van der Waals surface area contributed by atoms with Crippen molar-refractivity contribution in [2.75, 3.05) is 0 Å². The summed E-state index contributed by atoms with van der Waals surface area (Å²) in [5.41, 5.74) is 3.32. The van der Waals surface area contributed by atoms with E-state index in [9.17, 15) is 24.5 Å². The molecule has 0 saturated heterocycles. The van der Waals surface area contributed by atoms with Crippen LogP contribution in [-0.2, 0) is 4.79 Å². The first-order valence-corrected chi connectivity index (χ1v) is 12.3. The van der Waals surface area contributed by atoms with Crippen LogP contribution in [0, 0.1) is 10.1 Å². The molecule has 0 unspecified atom stereocenters. The first kappa shape index (κ1) is 26.6. The minimum Gasteiger partial charge on any atom is -0.423 e. The number of amides is 2. The molecule has 4 aromatic rings. The second-order valence-corrected chi connectivity index (χ2v) is 8.84. The van der Waals surface area contributed by atoms with Gasteiger partial charge >= 0.3 is 5.97 Å². The summed E-state index contributed by atoms with van der Waals surface area (Å²) >= 11 is 1.40.